The highest BCUT2D eigenvalue weighted by Gasteiger charge is 2.24. The van der Waals surface area contributed by atoms with E-state index in [1.54, 1.807) is 0 Å². The van der Waals surface area contributed by atoms with Gasteiger partial charge in [-0.25, -0.2) is 0 Å². The van der Waals surface area contributed by atoms with Crippen LogP contribution in [0.5, 0.6) is 0 Å². The van der Waals surface area contributed by atoms with Gasteiger partial charge < -0.3 is 13.9 Å². The van der Waals surface area contributed by atoms with Crippen molar-refractivity contribution in [3.63, 3.8) is 0 Å². The van der Waals surface area contributed by atoms with E-state index in [2.05, 4.69) is 59.1 Å². The number of hydrogen-bond acceptors (Lipinski definition) is 3. The summed E-state index contributed by atoms with van der Waals surface area (Å²) in [5.41, 5.74) is 2.44. The Morgan fingerprint density at radius 3 is 2.52 bits per heavy atom. The quantitative estimate of drug-likeness (QED) is 0.813. The summed E-state index contributed by atoms with van der Waals surface area (Å²) >= 11 is 5.70. The number of morpholine rings is 1. The summed E-state index contributed by atoms with van der Waals surface area (Å²) in [7, 11) is 0. The largest absolute Gasteiger partial charge is 0.376 e. The molecule has 4 nitrogen and oxygen atoms in total. The number of para-hydroxylation sites is 2. The molecule has 3 rings (SSSR count). The molecule has 1 aliphatic rings. The number of nitrogens with zero attached hydrogens (tertiary/aromatic N) is 3. The summed E-state index contributed by atoms with van der Waals surface area (Å²) in [5.74, 6) is 0. The molecular weight excluding hydrogens is 282 g/mol. The summed E-state index contributed by atoms with van der Waals surface area (Å²) < 4.78 is 11.1. The molecule has 2 heterocycles. The maximum Gasteiger partial charge on any atom is 0.181 e. The highest BCUT2D eigenvalue weighted by Crippen LogP contribution is 2.20. The van der Waals surface area contributed by atoms with Crippen LogP contribution in [0.2, 0.25) is 0 Å². The van der Waals surface area contributed by atoms with Crippen LogP contribution >= 0.6 is 12.2 Å². The normalized spacial score (nSPS) is 23.8. The van der Waals surface area contributed by atoms with Crippen LogP contribution in [-0.2, 0) is 18.0 Å². The molecule has 21 heavy (non-hydrogen) atoms. The topological polar surface area (TPSA) is 22.3 Å². The molecule has 1 saturated heterocycles. The van der Waals surface area contributed by atoms with E-state index in [-0.39, 0.29) is 6.10 Å². The summed E-state index contributed by atoms with van der Waals surface area (Å²) in [6.45, 7) is 9.98. The van der Waals surface area contributed by atoms with Crippen molar-refractivity contribution in [2.45, 2.75) is 46.1 Å². The molecule has 114 valence electrons. The van der Waals surface area contributed by atoms with Crippen LogP contribution in [0.3, 0.4) is 0 Å². The average Bonchev–Trinajstić information content (AvgIpc) is 2.75. The predicted octanol–water partition coefficient (Wildman–Crippen LogP) is 3.26. The maximum absolute atomic E-state index is 5.72. The first-order chi connectivity index (χ1) is 10.1. The first-order valence-corrected chi connectivity index (χ1v) is 8.06. The molecule has 0 N–H and O–H groups in total. The lowest BCUT2D eigenvalue weighted by atomic mass is 10.2. The van der Waals surface area contributed by atoms with Gasteiger partial charge in [0.15, 0.2) is 4.77 Å². The van der Waals surface area contributed by atoms with Gasteiger partial charge in [-0.1, -0.05) is 12.1 Å². The second-order valence-electron chi connectivity index (χ2n) is 5.85. The number of aryl methyl sites for hydroxylation is 1. The van der Waals surface area contributed by atoms with Crippen molar-refractivity contribution >= 4 is 23.3 Å². The summed E-state index contributed by atoms with van der Waals surface area (Å²) in [4.78, 5) is 2.45. The number of imidazole rings is 1. The second kappa shape index (κ2) is 5.91. The van der Waals surface area contributed by atoms with Crippen molar-refractivity contribution in [3.8, 4) is 0 Å². The molecule has 1 aromatic carbocycles. The second-order valence-corrected chi connectivity index (χ2v) is 6.21. The van der Waals surface area contributed by atoms with Gasteiger partial charge in [0.25, 0.3) is 0 Å². The van der Waals surface area contributed by atoms with Crippen molar-refractivity contribution in [1.29, 1.82) is 0 Å². The molecule has 2 aromatic rings. The summed E-state index contributed by atoms with van der Waals surface area (Å²) in [6, 6.07) is 8.89. The van der Waals surface area contributed by atoms with E-state index in [0.717, 1.165) is 31.1 Å². The van der Waals surface area contributed by atoms with Crippen LogP contribution in [0, 0.1) is 4.77 Å². The van der Waals surface area contributed by atoms with Crippen molar-refractivity contribution in [1.82, 2.24) is 14.0 Å². The van der Waals surface area contributed by atoms with E-state index < -0.39 is 0 Å². The van der Waals surface area contributed by atoms with E-state index in [1.165, 1.54) is 11.0 Å². The van der Waals surface area contributed by atoms with Crippen LogP contribution in [0.1, 0.15) is 20.8 Å². The van der Waals surface area contributed by atoms with Crippen LogP contribution < -0.4 is 0 Å². The van der Waals surface area contributed by atoms with E-state index in [1.807, 2.05) is 0 Å². The summed E-state index contributed by atoms with van der Waals surface area (Å²) in [5, 5.41) is 0. The van der Waals surface area contributed by atoms with E-state index >= 15 is 0 Å². The molecule has 0 aliphatic carbocycles. The van der Waals surface area contributed by atoms with Gasteiger partial charge in [-0.2, -0.15) is 0 Å². The molecule has 1 aliphatic heterocycles. The van der Waals surface area contributed by atoms with Crippen molar-refractivity contribution in [2.24, 2.45) is 0 Å². The van der Waals surface area contributed by atoms with Crippen LogP contribution in [-0.4, -0.2) is 39.3 Å². The Kier molecular flexibility index (Phi) is 4.15. The Hall–Kier alpha value is -1.17. The first-order valence-electron chi connectivity index (χ1n) is 7.65. The van der Waals surface area contributed by atoms with Gasteiger partial charge >= 0.3 is 0 Å². The molecule has 2 unspecified atom stereocenters. The number of ether oxygens (including phenoxy) is 1. The highest BCUT2D eigenvalue weighted by atomic mass is 32.1. The Bertz CT molecular complexity index is 690. The van der Waals surface area contributed by atoms with Gasteiger partial charge in [0.1, 0.15) is 0 Å². The molecule has 2 atom stereocenters. The lowest BCUT2D eigenvalue weighted by Crippen LogP contribution is -2.47. The number of benzene rings is 1. The molecule has 0 radical (unpaired) electrons. The Balaban J connectivity index is 2.00. The fourth-order valence-electron chi connectivity index (χ4n) is 3.07. The third kappa shape index (κ3) is 2.65. The molecule has 0 bridgehead atoms. The minimum atomic E-state index is 0.287. The van der Waals surface area contributed by atoms with Gasteiger partial charge in [-0.05, 0) is 45.1 Å². The van der Waals surface area contributed by atoms with E-state index in [9.17, 15) is 0 Å². The zero-order chi connectivity index (χ0) is 15.0. The predicted molar refractivity (Wildman–Crippen MR) is 88.0 cm³/mol. The van der Waals surface area contributed by atoms with Gasteiger partial charge in [-0.15, -0.1) is 0 Å². The molecule has 0 spiro atoms. The van der Waals surface area contributed by atoms with E-state index in [4.69, 9.17) is 17.0 Å². The number of fused-ring (bicyclic) bond motifs is 1. The molecular formula is C16H23N3OS. The summed E-state index contributed by atoms with van der Waals surface area (Å²) in [6.07, 6.45) is 0.287. The monoisotopic (exact) mass is 305 g/mol. The number of rotatable bonds is 3. The zero-order valence-electron chi connectivity index (χ0n) is 13.0. The third-order valence-electron chi connectivity index (χ3n) is 4.30. The third-order valence-corrected chi connectivity index (χ3v) is 4.74. The lowest BCUT2D eigenvalue weighted by molar-refractivity contribution is -0.0605. The van der Waals surface area contributed by atoms with Gasteiger partial charge in [-0.3, -0.25) is 4.90 Å². The van der Waals surface area contributed by atoms with Crippen LogP contribution in [0.15, 0.2) is 24.3 Å². The highest BCUT2D eigenvalue weighted by molar-refractivity contribution is 7.71. The molecule has 1 aromatic heterocycles. The Morgan fingerprint density at radius 1 is 1.19 bits per heavy atom. The van der Waals surface area contributed by atoms with Crippen molar-refractivity contribution < 1.29 is 4.74 Å². The van der Waals surface area contributed by atoms with Crippen molar-refractivity contribution in [2.75, 3.05) is 13.2 Å². The lowest BCUT2D eigenvalue weighted by Gasteiger charge is -2.36. The van der Waals surface area contributed by atoms with Crippen LogP contribution in [0.25, 0.3) is 11.0 Å². The Labute approximate surface area is 130 Å². The number of hydrogen-bond donors (Lipinski definition) is 0. The molecule has 1 fully saturated rings. The number of aromatic nitrogens is 2. The minimum Gasteiger partial charge on any atom is -0.376 e. The smallest absolute Gasteiger partial charge is 0.181 e. The molecule has 0 saturated carbocycles. The molecule has 0 amide bonds. The first kappa shape index (κ1) is 14.8. The maximum atomic E-state index is 5.72. The fourth-order valence-corrected chi connectivity index (χ4v) is 3.45. The zero-order valence-corrected chi connectivity index (χ0v) is 13.8. The van der Waals surface area contributed by atoms with Crippen LogP contribution in [0.4, 0.5) is 0 Å². The van der Waals surface area contributed by atoms with E-state index in [0.29, 0.717) is 6.04 Å². The SMILES string of the molecule is CCn1c(=S)n(CN2CC(C)OCC2C)c2ccccc21. The average molecular weight is 305 g/mol. The standard InChI is InChI=1S/C16H23N3OS/c1-4-18-14-7-5-6-8-15(14)19(16(18)21)11-17-9-13(3)20-10-12(17)2/h5-8,12-13H,4,9-11H2,1-3H3. The molecule has 5 heteroatoms. The minimum absolute atomic E-state index is 0.287. The van der Waals surface area contributed by atoms with Crippen molar-refractivity contribution in [3.05, 3.63) is 29.0 Å². The Morgan fingerprint density at radius 2 is 1.86 bits per heavy atom. The van der Waals surface area contributed by atoms with Gasteiger partial charge in [0.05, 0.1) is 30.4 Å². The fraction of sp³-hybridized carbons (Fsp3) is 0.562. The van der Waals surface area contributed by atoms with Gasteiger partial charge in [0.2, 0.25) is 0 Å². The van der Waals surface area contributed by atoms with Gasteiger partial charge in [0, 0.05) is 19.1 Å².